The molecular weight excluding hydrogens is 496 g/mol. The van der Waals surface area contributed by atoms with Crippen molar-refractivity contribution in [2.45, 2.75) is 0 Å². The van der Waals surface area contributed by atoms with Gasteiger partial charge in [-0.05, 0) is 73.6 Å². The van der Waals surface area contributed by atoms with E-state index >= 15 is 0 Å². The fraction of sp³-hybridized carbons (Fsp3) is 0. The van der Waals surface area contributed by atoms with E-state index in [1.807, 2.05) is 48.5 Å². The number of benzene rings is 7. The van der Waals surface area contributed by atoms with Gasteiger partial charge in [0.15, 0.2) is 0 Å². The SMILES string of the molecule is [2H]c1c([2H])c([2H])c2c(c1[2H])Oc1c([2H])c([2H])c(-c3ccc(-c4ccc(-c5ccccc5)c(-c5ccccc5)c4)cc3)c3c([2H])c([2H])c([2H])c-2c13. The van der Waals surface area contributed by atoms with Crippen molar-refractivity contribution in [3.05, 3.63) is 158 Å². The summed E-state index contributed by atoms with van der Waals surface area (Å²) >= 11 is 0. The highest BCUT2D eigenvalue weighted by Crippen LogP contribution is 2.48. The van der Waals surface area contributed by atoms with E-state index in [9.17, 15) is 0 Å². The largest absolute Gasteiger partial charge is 0.456 e. The van der Waals surface area contributed by atoms with Crippen LogP contribution in [0, 0.1) is 0 Å². The van der Waals surface area contributed by atoms with Gasteiger partial charge in [-0.1, -0.05) is 139 Å². The lowest BCUT2D eigenvalue weighted by Gasteiger charge is -2.22. The quantitative estimate of drug-likeness (QED) is 0.219. The van der Waals surface area contributed by atoms with Crippen LogP contribution in [0.1, 0.15) is 12.3 Å². The van der Waals surface area contributed by atoms with Crippen molar-refractivity contribution < 1.29 is 17.1 Å². The molecule has 1 nitrogen and oxygen atoms in total. The van der Waals surface area contributed by atoms with Crippen LogP contribution in [0.3, 0.4) is 0 Å². The van der Waals surface area contributed by atoms with E-state index in [1.165, 1.54) is 0 Å². The second-order valence-corrected chi connectivity index (χ2v) is 9.83. The zero-order chi connectivity index (χ0) is 35.0. The van der Waals surface area contributed by atoms with Crippen molar-refractivity contribution in [1.29, 1.82) is 0 Å². The fourth-order valence-corrected chi connectivity index (χ4v) is 5.48. The van der Waals surface area contributed by atoms with Crippen LogP contribution in [0.15, 0.2) is 158 Å². The molecule has 0 radical (unpaired) electrons. The predicted molar refractivity (Wildman–Crippen MR) is 171 cm³/mol. The van der Waals surface area contributed by atoms with Gasteiger partial charge >= 0.3 is 0 Å². The van der Waals surface area contributed by atoms with Crippen LogP contribution in [0.2, 0.25) is 0 Å². The molecule has 0 bridgehead atoms. The predicted octanol–water partition coefficient (Wildman–Crippen LogP) is 11.3. The number of ether oxygens (including phenoxy) is 1. The van der Waals surface area contributed by atoms with Gasteiger partial charge in [0.05, 0.1) is 12.3 Å². The normalized spacial score (nSPS) is 14.7. The van der Waals surface area contributed by atoms with E-state index in [4.69, 9.17) is 17.1 Å². The van der Waals surface area contributed by atoms with Crippen molar-refractivity contribution in [3.63, 3.8) is 0 Å². The average Bonchev–Trinajstić information content (AvgIpc) is 3.16. The Kier molecular flexibility index (Phi) is 3.77. The van der Waals surface area contributed by atoms with Crippen LogP contribution in [0.25, 0.3) is 66.4 Å². The molecule has 192 valence electrons. The Bertz CT molecular complexity index is 2530. The Morgan fingerprint density at radius 1 is 0.390 bits per heavy atom. The van der Waals surface area contributed by atoms with Gasteiger partial charge in [0.2, 0.25) is 0 Å². The molecule has 1 heteroatoms. The molecule has 0 saturated carbocycles. The smallest absolute Gasteiger partial charge is 0.135 e. The molecule has 0 atom stereocenters. The van der Waals surface area contributed by atoms with Crippen molar-refractivity contribution in [2.75, 3.05) is 0 Å². The second-order valence-electron chi connectivity index (χ2n) is 9.83. The first kappa shape index (κ1) is 16.0. The third kappa shape index (κ3) is 4.02. The molecule has 0 fully saturated rings. The Morgan fingerprint density at radius 3 is 1.80 bits per heavy atom. The van der Waals surface area contributed by atoms with Crippen LogP contribution < -0.4 is 4.74 Å². The molecule has 1 heterocycles. The monoisotopic (exact) mass is 531 g/mol. The molecule has 1 aliphatic rings. The number of rotatable bonds is 4. The van der Waals surface area contributed by atoms with Crippen LogP contribution >= 0.6 is 0 Å². The molecule has 0 aromatic heterocycles. The molecule has 41 heavy (non-hydrogen) atoms. The van der Waals surface area contributed by atoms with Gasteiger partial charge in [0.25, 0.3) is 0 Å². The Morgan fingerprint density at radius 2 is 1.02 bits per heavy atom. The summed E-state index contributed by atoms with van der Waals surface area (Å²) in [5.41, 5.74) is 6.82. The van der Waals surface area contributed by atoms with Gasteiger partial charge in [-0.3, -0.25) is 0 Å². The summed E-state index contributed by atoms with van der Waals surface area (Å²) < 4.78 is 84.0. The third-order valence-electron chi connectivity index (χ3n) is 7.46. The minimum absolute atomic E-state index is 0.0115. The van der Waals surface area contributed by atoms with E-state index in [1.54, 1.807) is 12.1 Å². The van der Waals surface area contributed by atoms with Gasteiger partial charge in [0, 0.05) is 10.9 Å². The summed E-state index contributed by atoms with van der Waals surface area (Å²) in [5.74, 6) is -0.444. The summed E-state index contributed by atoms with van der Waals surface area (Å²) in [4.78, 5) is 0. The van der Waals surface area contributed by atoms with Crippen molar-refractivity contribution in [3.8, 4) is 67.1 Å². The van der Waals surface area contributed by atoms with Crippen molar-refractivity contribution in [2.24, 2.45) is 0 Å². The molecule has 0 amide bonds. The molecule has 7 aromatic rings. The molecule has 8 rings (SSSR count). The maximum atomic E-state index is 9.07. The van der Waals surface area contributed by atoms with Gasteiger partial charge < -0.3 is 4.74 Å². The number of hydrogen-bond acceptors (Lipinski definition) is 1. The van der Waals surface area contributed by atoms with E-state index in [-0.39, 0.29) is 57.1 Å². The van der Waals surface area contributed by atoms with Gasteiger partial charge in [-0.2, -0.15) is 0 Å². The van der Waals surface area contributed by atoms with E-state index in [2.05, 4.69) is 42.5 Å². The molecule has 0 aliphatic carbocycles. The maximum absolute atomic E-state index is 9.07. The summed E-state index contributed by atoms with van der Waals surface area (Å²) in [5, 5.41) is 0.221. The van der Waals surface area contributed by atoms with Gasteiger partial charge in [-0.25, -0.2) is 0 Å². The highest BCUT2D eigenvalue weighted by molar-refractivity contribution is 6.09. The van der Waals surface area contributed by atoms with Crippen molar-refractivity contribution in [1.82, 2.24) is 0 Å². The molecule has 0 N–H and O–H groups in total. The minimum atomic E-state index is -0.539. The molecule has 7 aromatic carbocycles. The maximum Gasteiger partial charge on any atom is 0.135 e. The molecule has 0 spiro atoms. The zero-order valence-electron chi connectivity index (χ0n) is 30.7. The topological polar surface area (TPSA) is 9.23 Å². The van der Waals surface area contributed by atoms with Gasteiger partial charge in [0.1, 0.15) is 11.5 Å². The van der Waals surface area contributed by atoms with E-state index < -0.39 is 36.3 Å². The second kappa shape index (κ2) is 9.66. The average molecular weight is 532 g/mol. The Hall–Kier alpha value is -5.40. The first-order valence-electron chi connectivity index (χ1n) is 17.8. The van der Waals surface area contributed by atoms with Crippen LogP contribution in [0.4, 0.5) is 0 Å². The minimum Gasteiger partial charge on any atom is -0.456 e. The lowest BCUT2D eigenvalue weighted by molar-refractivity contribution is 0.487. The van der Waals surface area contributed by atoms with Crippen molar-refractivity contribution >= 4 is 10.8 Å². The van der Waals surface area contributed by atoms with Crippen LogP contribution in [-0.4, -0.2) is 0 Å². The Balaban J connectivity index is 1.32. The first-order valence-corrected chi connectivity index (χ1v) is 13.3. The molecule has 1 aliphatic heterocycles. The lowest BCUT2D eigenvalue weighted by atomic mass is 9.89. The third-order valence-corrected chi connectivity index (χ3v) is 7.46. The Labute approximate surface area is 252 Å². The molecular formula is C40H26O. The zero-order valence-corrected chi connectivity index (χ0v) is 21.7. The standard InChI is InChI=1S/C40H26O/c1-3-10-28(11-4-1)33-23-22-31(26-37(33)29-12-5-2-6-13-29)27-18-20-30(21-19-27)32-24-25-39-40-35(32)15-9-16-36(40)34-14-7-8-17-38(34)41-39/h1-26H/i7D,8D,9D,14D,15D,16D,17D,24D,25D. The highest BCUT2D eigenvalue weighted by Gasteiger charge is 2.21. The van der Waals surface area contributed by atoms with E-state index in [0.717, 1.165) is 33.4 Å². The molecule has 0 unspecified atom stereocenters. The molecule has 0 saturated heterocycles. The fourth-order valence-electron chi connectivity index (χ4n) is 5.48. The summed E-state index contributed by atoms with van der Waals surface area (Å²) in [6, 6.07) is 30.3. The number of hydrogen-bond donors (Lipinski definition) is 0. The summed E-state index contributed by atoms with van der Waals surface area (Å²) in [7, 11) is 0. The first-order chi connectivity index (χ1) is 24.1. The van der Waals surface area contributed by atoms with Crippen LogP contribution in [-0.2, 0) is 0 Å². The van der Waals surface area contributed by atoms with Gasteiger partial charge in [-0.15, -0.1) is 0 Å². The highest BCUT2D eigenvalue weighted by atomic mass is 16.5. The van der Waals surface area contributed by atoms with E-state index in [0.29, 0.717) is 5.56 Å². The van der Waals surface area contributed by atoms with Crippen LogP contribution in [0.5, 0.6) is 11.5 Å². The summed E-state index contributed by atoms with van der Waals surface area (Å²) in [6.45, 7) is 0. The number of fused-ring (bicyclic) bond motifs is 2. The number of para-hydroxylation sites is 1. The lowest BCUT2D eigenvalue weighted by Crippen LogP contribution is -1.97. The summed E-state index contributed by atoms with van der Waals surface area (Å²) in [6.07, 6.45) is 0.